The van der Waals surface area contributed by atoms with Gasteiger partial charge < -0.3 is 18.6 Å². The van der Waals surface area contributed by atoms with E-state index in [0.717, 1.165) is 0 Å². The van der Waals surface area contributed by atoms with Crippen LogP contribution in [0.1, 0.15) is 21.5 Å². The van der Waals surface area contributed by atoms with Crippen LogP contribution < -0.4 is 15.1 Å². The molecule has 3 rings (SSSR count). The van der Waals surface area contributed by atoms with Crippen LogP contribution in [0.4, 0.5) is 0 Å². The molecule has 0 radical (unpaired) electrons. The van der Waals surface area contributed by atoms with Crippen molar-refractivity contribution >= 4 is 34.3 Å². The highest BCUT2D eigenvalue weighted by Gasteiger charge is 2.18. The fourth-order valence-corrected chi connectivity index (χ4v) is 3.16. The molecule has 1 aromatic heterocycles. The van der Waals surface area contributed by atoms with Crippen molar-refractivity contribution in [2.24, 2.45) is 0 Å². The van der Waals surface area contributed by atoms with Gasteiger partial charge in [0.2, 0.25) is 0 Å². The lowest BCUT2D eigenvalue weighted by Gasteiger charge is -2.11. The smallest absolute Gasteiger partial charge is 0.340 e. The van der Waals surface area contributed by atoms with Gasteiger partial charge in [-0.25, -0.2) is 4.79 Å². The minimum Gasteiger partial charge on any atom is -0.497 e. The Labute approximate surface area is 177 Å². The lowest BCUT2D eigenvalue weighted by molar-refractivity contribution is -0.139. The van der Waals surface area contributed by atoms with Gasteiger partial charge >= 0.3 is 11.6 Å². The fraction of sp³-hybridized carbons (Fsp3) is 0.227. The number of fused-ring (bicyclic) bond motifs is 1. The van der Waals surface area contributed by atoms with Crippen molar-refractivity contribution in [2.45, 2.75) is 13.3 Å². The number of hydrogen-bond donors (Lipinski definition) is 0. The number of halogens is 1. The minimum atomic E-state index is -0.647. The Morgan fingerprint density at radius 2 is 1.90 bits per heavy atom. The number of aryl methyl sites for hydroxylation is 1. The largest absolute Gasteiger partial charge is 0.497 e. The summed E-state index contributed by atoms with van der Waals surface area (Å²) < 4.78 is 20.6. The molecule has 30 heavy (non-hydrogen) atoms. The Balaban J connectivity index is 1.87. The van der Waals surface area contributed by atoms with E-state index in [-0.39, 0.29) is 40.7 Å². The number of carbonyl (C=O) groups excluding carboxylic acids is 2. The van der Waals surface area contributed by atoms with E-state index in [4.69, 9.17) is 25.5 Å². The molecule has 0 atom stereocenters. The van der Waals surface area contributed by atoms with E-state index < -0.39 is 11.6 Å². The molecule has 0 saturated heterocycles. The molecule has 7 nitrogen and oxygen atoms in total. The van der Waals surface area contributed by atoms with Crippen LogP contribution in [-0.2, 0) is 16.0 Å². The molecule has 0 amide bonds. The van der Waals surface area contributed by atoms with Gasteiger partial charge in [-0.15, -0.1) is 0 Å². The van der Waals surface area contributed by atoms with E-state index in [1.165, 1.54) is 20.3 Å². The molecule has 0 aliphatic rings. The topological polar surface area (TPSA) is 92.0 Å². The van der Waals surface area contributed by atoms with Crippen molar-refractivity contribution in [1.29, 1.82) is 0 Å². The average molecular weight is 431 g/mol. The molecule has 0 spiro atoms. The van der Waals surface area contributed by atoms with Crippen LogP contribution in [0.15, 0.2) is 45.6 Å². The van der Waals surface area contributed by atoms with Gasteiger partial charge in [0.1, 0.15) is 17.1 Å². The van der Waals surface area contributed by atoms with Gasteiger partial charge in [0.05, 0.1) is 31.2 Å². The van der Waals surface area contributed by atoms with Crippen LogP contribution in [0, 0.1) is 6.92 Å². The first-order chi connectivity index (χ1) is 14.3. The monoisotopic (exact) mass is 430 g/mol. The molecule has 3 aromatic rings. The maximum absolute atomic E-state index is 12.4. The first-order valence-electron chi connectivity index (χ1n) is 8.96. The molecular formula is C22H19ClO7. The summed E-state index contributed by atoms with van der Waals surface area (Å²) in [5, 5.41) is 0.798. The average Bonchev–Trinajstić information content (AvgIpc) is 2.75. The number of esters is 1. The molecule has 156 valence electrons. The standard InChI is InChI=1S/C22H19ClO7/c1-12-15-8-17(23)20(10-19(15)30-22(26)16(12)9-21(25)28-3)29-11-18(24)13-5-4-6-14(7-13)27-2/h4-8,10H,9,11H2,1-3H3. The number of Topliss-reactive ketones (excluding diaryl/α,β-unsaturated/α-hetero) is 1. The Morgan fingerprint density at radius 3 is 2.60 bits per heavy atom. The zero-order valence-corrected chi connectivity index (χ0v) is 17.4. The molecule has 0 N–H and O–H groups in total. The number of ketones is 1. The molecule has 0 aliphatic carbocycles. The Bertz CT molecular complexity index is 1180. The number of ether oxygens (including phenoxy) is 3. The molecule has 0 bridgehead atoms. The summed E-state index contributed by atoms with van der Waals surface area (Å²) in [5.74, 6) is -0.0590. The van der Waals surface area contributed by atoms with Gasteiger partial charge in [-0.2, -0.15) is 0 Å². The van der Waals surface area contributed by atoms with Gasteiger partial charge in [0, 0.05) is 17.0 Å². The zero-order chi connectivity index (χ0) is 21.8. The predicted molar refractivity (Wildman–Crippen MR) is 111 cm³/mol. The first-order valence-corrected chi connectivity index (χ1v) is 9.34. The fourth-order valence-electron chi connectivity index (χ4n) is 2.94. The second kappa shape index (κ2) is 9.00. The lowest BCUT2D eigenvalue weighted by Crippen LogP contribution is -2.16. The van der Waals surface area contributed by atoms with Gasteiger partial charge in [-0.1, -0.05) is 23.7 Å². The van der Waals surface area contributed by atoms with Crippen LogP contribution >= 0.6 is 11.6 Å². The van der Waals surface area contributed by atoms with Crippen LogP contribution in [-0.4, -0.2) is 32.6 Å². The summed E-state index contributed by atoms with van der Waals surface area (Å²) in [6, 6.07) is 9.73. The predicted octanol–water partition coefficient (Wildman–Crippen LogP) is 3.74. The van der Waals surface area contributed by atoms with E-state index in [1.54, 1.807) is 37.3 Å². The Kier molecular flexibility index (Phi) is 6.42. The number of benzene rings is 2. The normalized spacial score (nSPS) is 10.7. The lowest BCUT2D eigenvalue weighted by atomic mass is 10.0. The molecule has 8 heteroatoms. The van der Waals surface area contributed by atoms with E-state index >= 15 is 0 Å². The van der Waals surface area contributed by atoms with Crippen molar-refractivity contribution in [3.63, 3.8) is 0 Å². The van der Waals surface area contributed by atoms with E-state index in [0.29, 0.717) is 22.3 Å². The van der Waals surface area contributed by atoms with Crippen molar-refractivity contribution < 1.29 is 28.2 Å². The van der Waals surface area contributed by atoms with Gasteiger partial charge in [-0.3, -0.25) is 9.59 Å². The van der Waals surface area contributed by atoms with Crippen LogP contribution in [0.2, 0.25) is 5.02 Å². The highest BCUT2D eigenvalue weighted by atomic mass is 35.5. The number of methoxy groups -OCH3 is 2. The molecule has 0 saturated carbocycles. The van der Waals surface area contributed by atoms with E-state index in [9.17, 15) is 14.4 Å². The summed E-state index contributed by atoms with van der Waals surface area (Å²) in [6.07, 6.45) is -0.203. The van der Waals surface area contributed by atoms with Crippen LogP contribution in [0.25, 0.3) is 11.0 Å². The van der Waals surface area contributed by atoms with E-state index in [1.807, 2.05) is 0 Å². The van der Waals surface area contributed by atoms with Crippen molar-refractivity contribution in [3.8, 4) is 11.5 Å². The van der Waals surface area contributed by atoms with Gasteiger partial charge in [-0.05, 0) is 30.7 Å². The third kappa shape index (κ3) is 4.46. The molecule has 1 heterocycles. The van der Waals surface area contributed by atoms with Crippen molar-refractivity contribution in [2.75, 3.05) is 20.8 Å². The second-order valence-corrected chi connectivity index (χ2v) is 6.88. The molecule has 0 aliphatic heterocycles. The SMILES string of the molecule is COC(=O)Cc1c(C)c2cc(Cl)c(OCC(=O)c3cccc(OC)c3)cc2oc1=O. The summed E-state index contributed by atoms with van der Waals surface area (Å²) in [5.41, 5.74) is 0.784. The summed E-state index contributed by atoms with van der Waals surface area (Å²) in [4.78, 5) is 36.3. The van der Waals surface area contributed by atoms with Crippen LogP contribution in [0.3, 0.4) is 0 Å². The van der Waals surface area contributed by atoms with Crippen molar-refractivity contribution in [3.05, 3.63) is 68.5 Å². The highest BCUT2D eigenvalue weighted by molar-refractivity contribution is 6.32. The third-order valence-corrected chi connectivity index (χ3v) is 4.93. The van der Waals surface area contributed by atoms with Crippen LogP contribution in [0.5, 0.6) is 11.5 Å². The van der Waals surface area contributed by atoms with Gasteiger partial charge in [0.25, 0.3) is 0 Å². The molecular weight excluding hydrogens is 412 g/mol. The van der Waals surface area contributed by atoms with E-state index in [2.05, 4.69) is 4.74 Å². The number of hydrogen-bond acceptors (Lipinski definition) is 7. The minimum absolute atomic E-state index is 0.198. The quantitative estimate of drug-likeness (QED) is 0.320. The first kappa shape index (κ1) is 21.4. The maximum Gasteiger partial charge on any atom is 0.340 e. The number of rotatable bonds is 7. The van der Waals surface area contributed by atoms with Gasteiger partial charge in [0.15, 0.2) is 12.4 Å². The van der Waals surface area contributed by atoms with Crippen molar-refractivity contribution in [1.82, 2.24) is 0 Å². The maximum atomic E-state index is 12.4. The highest BCUT2D eigenvalue weighted by Crippen LogP contribution is 2.32. The third-order valence-electron chi connectivity index (χ3n) is 4.64. The Morgan fingerprint density at radius 1 is 1.13 bits per heavy atom. The molecule has 2 aromatic carbocycles. The Hall–Kier alpha value is -3.32. The summed E-state index contributed by atoms with van der Waals surface area (Å²) >= 11 is 6.31. The number of carbonyl (C=O) groups is 2. The second-order valence-electron chi connectivity index (χ2n) is 6.47. The summed E-state index contributed by atoms with van der Waals surface area (Å²) in [6.45, 7) is 1.43. The molecule has 0 unspecified atom stereocenters. The molecule has 0 fully saturated rings. The summed E-state index contributed by atoms with van der Waals surface area (Å²) in [7, 11) is 2.76. The zero-order valence-electron chi connectivity index (χ0n) is 16.6.